The first kappa shape index (κ1) is 18.4. The monoisotopic (exact) mass is 402 g/mol. The van der Waals surface area contributed by atoms with Gasteiger partial charge in [-0.25, -0.2) is 8.78 Å². The number of carbonyl (C=O) groups excluding carboxylic acids is 1. The maximum Gasteiger partial charge on any atom is 0.253 e. The fraction of sp³-hybridized carbons (Fsp3) is 0.200. The third kappa shape index (κ3) is 3.84. The lowest BCUT2D eigenvalue weighted by atomic mass is 10.1. The van der Waals surface area contributed by atoms with E-state index < -0.39 is 11.7 Å². The Morgan fingerprint density at radius 1 is 1.14 bits per heavy atom. The van der Waals surface area contributed by atoms with Gasteiger partial charge in [-0.15, -0.1) is 0 Å². The molecule has 1 saturated heterocycles. The molecule has 2 N–H and O–H groups in total. The summed E-state index contributed by atoms with van der Waals surface area (Å²) in [6.45, 7) is 1.29. The second-order valence-electron chi connectivity index (χ2n) is 6.68. The van der Waals surface area contributed by atoms with Crippen molar-refractivity contribution in [2.75, 3.05) is 18.0 Å². The van der Waals surface area contributed by atoms with E-state index in [0.717, 1.165) is 36.1 Å². The van der Waals surface area contributed by atoms with E-state index in [1.54, 1.807) is 12.1 Å². The standard InChI is InChI=1S/C20H17ClF2N4O/c21-17-6-5-14(23)9-16(17)20(28)24-15-7-8-27(11-15)19-10-18(25-26-19)12-1-3-13(22)4-2-12/h1-6,9-10,15H,7-8,11H2,(H,24,28)(H,25,26). The molecule has 8 heteroatoms. The number of anilines is 1. The summed E-state index contributed by atoms with van der Waals surface area (Å²) in [5, 5.41) is 10.4. The third-order valence-corrected chi connectivity index (χ3v) is 5.07. The molecule has 1 aromatic heterocycles. The van der Waals surface area contributed by atoms with Gasteiger partial charge in [-0.1, -0.05) is 11.6 Å². The van der Waals surface area contributed by atoms with E-state index in [9.17, 15) is 13.6 Å². The first-order valence-electron chi connectivity index (χ1n) is 8.82. The van der Waals surface area contributed by atoms with Gasteiger partial charge in [0.05, 0.1) is 16.3 Å². The van der Waals surface area contributed by atoms with Gasteiger partial charge in [0.1, 0.15) is 11.6 Å². The molecule has 1 amide bonds. The fourth-order valence-corrected chi connectivity index (χ4v) is 3.47. The van der Waals surface area contributed by atoms with E-state index in [1.807, 2.05) is 11.0 Å². The zero-order chi connectivity index (χ0) is 19.7. The third-order valence-electron chi connectivity index (χ3n) is 4.74. The topological polar surface area (TPSA) is 61.0 Å². The molecule has 0 bridgehead atoms. The summed E-state index contributed by atoms with van der Waals surface area (Å²) >= 11 is 6.00. The molecular formula is C20H17ClF2N4O. The lowest BCUT2D eigenvalue weighted by Crippen LogP contribution is -2.37. The van der Waals surface area contributed by atoms with Crippen molar-refractivity contribution in [3.8, 4) is 11.3 Å². The molecule has 3 aromatic rings. The van der Waals surface area contributed by atoms with E-state index in [0.29, 0.717) is 6.54 Å². The molecule has 0 radical (unpaired) electrons. The van der Waals surface area contributed by atoms with E-state index >= 15 is 0 Å². The first-order valence-corrected chi connectivity index (χ1v) is 9.19. The van der Waals surface area contributed by atoms with Crippen LogP contribution in [0, 0.1) is 11.6 Å². The van der Waals surface area contributed by atoms with Crippen LogP contribution >= 0.6 is 11.6 Å². The Bertz CT molecular complexity index is 1010. The van der Waals surface area contributed by atoms with Crippen LogP contribution in [0.15, 0.2) is 48.5 Å². The van der Waals surface area contributed by atoms with Crippen LogP contribution in [0.1, 0.15) is 16.8 Å². The van der Waals surface area contributed by atoms with Gasteiger partial charge >= 0.3 is 0 Å². The number of aromatic amines is 1. The van der Waals surface area contributed by atoms with E-state index in [1.165, 1.54) is 24.3 Å². The van der Waals surface area contributed by atoms with Crippen molar-refractivity contribution in [3.05, 3.63) is 70.8 Å². The highest BCUT2D eigenvalue weighted by Crippen LogP contribution is 2.25. The van der Waals surface area contributed by atoms with Crippen LogP contribution in [0.2, 0.25) is 5.02 Å². The van der Waals surface area contributed by atoms with Gasteiger partial charge in [0, 0.05) is 25.2 Å². The lowest BCUT2D eigenvalue weighted by molar-refractivity contribution is 0.0940. The molecule has 0 aliphatic carbocycles. The molecule has 1 aliphatic rings. The highest BCUT2D eigenvalue weighted by Gasteiger charge is 2.26. The molecule has 0 saturated carbocycles. The smallest absolute Gasteiger partial charge is 0.253 e. The number of nitrogens with one attached hydrogen (secondary N) is 2. The number of halogens is 3. The maximum absolute atomic E-state index is 13.4. The minimum atomic E-state index is -0.507. The predicted molar refractivity (Wildman–Crippen MR) is 103 cm³/mol. The number of H-pyrrole nitrogens is 1. The van der Waals surface area contributed by atoms with Gasteiger partial charge in [0.15, 0.2) is 5.82 Å². The summed E-state index contributed by atoms with van der Waals surface area (Å²) in [6.07, 6.45) is 0.734. The minimum Gasteiger partial charge on any atom is -0.353 e. The van der Waals surface area contributed by atoms with Crippen LogP contribution in [-0.2, 0) is 0 Å². The van der Waals surface area contributed by atoms with Gasteiger partial charge in [-0.3, -0.25) is 9.89 Å². The van der Waals surface area contributed by atoms with Crippen molar-refractivity contribution in [1.82, 2.24) is 15.5 Å². The molecule has 2 heterocycles. The summed E-state index contributed by atoms with van der Waals surface area (Å²) in [5.74, 6) is -0.447. The van der Waals surface area contributed by atoms with Gasteiger partial charge in [0.2, 0.25) is 0 Å². The molecule has 1 aliphatic heterocycles. The van der Waals surface area contributed by atoms with Crippen molar-refractivity contribution in [1.29, 1.82) is 0 Å². The Morgan fingerprint density at radius 2 is 1.89 bits per heavy atom. The van der Waals surface area contributed by atoms with E-state index in [2.05, 4.69) is 15.5 Å². The molecule has 144 valence electrons. The quantitative estimate of drug-likeness (QED) is 0.693. The van der Waals surface area contributed by atoms with Crippen LogP contribution in [-0.4, -0.2) is 35.2 Å². The summed E-state index contributed by atoms with van der Waals surface area (Å²) in [5.41, 5.74) is 1.75. The van der Waals surface area contributed by atoms with Crippen LogP contribution < -0.4 is 10.2 Å². The number of benzene rings is 2. The SMILES string of the molecule is O=C(NC1CCN(c2cc(-c3ccc(F)cc3)[nH]n2)C1)c1cc(F)ccc1Cl. The molecule has 2 aromatic carbocycles. The van der Waals surface area contributed by atoms with Crippen LogP contribution in [0.4, 0.5) is 14.6 Å². The molecular weight excluding hydrogens is 386 g/mol. The number of amides is 1. The molecule has 5 nitrogen and oxygen atoms in total. The fourth-order valence-electron chi connectivity index (χ4n) is 3.27. The average Bonchev–Trinajstić information content (AvgIpc) is 3.34. The van der Waals surface area contributed by atoms with Crippen molar-refractivity contribution < 1.29 is 13.6 Å². The van der Waals surface area contributed by atoms with Crippen LogP contribution in [0.3, 0.4) is 0 Å². The number of hydrogen-bond donors (Lipinski definition) is 2. The Hall–Kier alpha value is -2.93. The summed E-state index contributed by atoms with van der Waals surface area (Å²) in [4.78, 5) is 14.4. The number of carbonyl (C=O) groups is 1. The minimum absolute atomic E-state index is 0.0993. The first-order chi connectivity index (χ1) is 13.5. The maximum atomic E-state index is 13.4. The zero-order valence-electron chi connectivity index (χ0n) is 14.8. The largest absolute Gasteiger partial charge is 0.353 e. The number of nitrogens with zero attached hydrogens (tertiary/aromatic N) is 2. The lowest BCUT2D eigenvalue weighted by Gasteiger charge is -2.16. The molecule has 4 rings (SSSR count). The summed E-state index contributed by atoms with van der Waals surface area (Å²) in [7, 11) is 0. The molecule has 1 unspecified atom stereocenters. The number of aromatic nitrogens is 2. The highest BCUT2D eigenvalue weighted by molar-refractivity contribution is 6.33. The van der Waals surface area contributed by atoms with Gasteiger partial charge in [-0.2, -0.15) is 5.10 Å². The van der Waals surface area contributed by atoms with Crippen molar-refractivity contribution >= 4 is 23.3 Å². The highest BCUT2D eigenvalue weighted by atomic mass is 35.5. The Labute approximate surface area is 165 Å². The molecule has 1 fully saturated rings. The van der Waals surface area contributed by atoms with Gasteiger partial charge < -0.3 is 10.2 Å². The van der Waals surface area contributed by atoms with Crippen LogP contribution in [0.5, 0.6) is 0 Å². The normalized spacial score (nSPS) is 16.4. The second-order valence-corrected chi connectivity index (χ2v) is 7.08. The van der Waals surface area contributed by atoms with E-state index in [4.69, 9.17) is 11.6 Å². The average molecular weight is 403 g/mol. The van der Waals surface area contributed by atoms with Crippen molar-refractivity contribution in [2.45, 2.75) is 12.5 Å². The summed E-state index contributed by atoms with van der Waals surface area (Å²) < 4.78 is 26.5. The number of hydrogen-bond acceptors (Lipinski definition) is 3. The molecule has 28 heavy (non-hydrogen) atoms. The Balaban J connectivity index is 1.41. The van der Waals surface area contributed by atoms with Crippen molar-refractivity contribution in [2.24, 2.45) is 0 Å². The predicted octanol–water partition coefficient (Wildman–Crippen LogP) is 4.02. The second kappa shape index (κ2) is 7.59. The van der Waals surface area contributed by atoms with Crippen LogP contribution in [0.25, 0.3) is 11.3 Å². The van der Waals surface area contributed by atoms with E-state index in [-0.39, 0.29) is 22.4 Å². The molecule has 0 spiro atoms. The number of rotatable bonds is 4. The Morgan fingerprint density at radius 3 is 2.68 bits per heavy atom. The van der Waals surface area contributed by atoms with Crippen molar-refractivity contribution in [3.63, 3.8) is 0 Å². The Kier molecular flexibility index (Phi) is 5.00. The zero-order valence-corrected chi connectivity index (χ0v) is 15.5. The summed E-state index contributed by atoms with van der Waals surface area (Å²) in [6, 6.07) is 11.7. The van der Waals surface area contributed by atoms with Gasteiger partial charge in [-0.05, 0) is 54.4 Å². The molecule has 1 atom stereocenters. The van der Waals surface area contributed by atoms with Gasteiger partial charge in [0.25, 0.3) is 5.91 Å².